The van der Waals surface area contributed by atoms with E-state index in [0.717, 1.165) is 25.8 Å². The molecule has 0 N–H and O–H groups in total. The molecule has 1 fully saturated rings. The van der Waals surface area contributed by atoms with Crippen LogP contribution in [0.5, 0.6) is 0 Å². The van der Waals surface area contributed by atoms with Crippen LogP contribution in [0.1, 0.15) is 40.0 Å². The first-order valence-corrected chi connectivity index (χ1v) is 6.29. The van der Waals surface area contributed by atoms with Crippen molar-refractivity contribution < 1.29 is 4.79 Å². The predicted molar refractivity (Wildman–Crippen MR) is 66.0 cm³/mol. The third-order valence-corrected chi connectivity index (χ3v) is 3.83. The van der Waals surface area contributed by atoms with Crippen molar-refractivity contribution in [2.75, 3.05) is 13.1 Å². The second-order valence-corrected chi connectivity index (χ2v) is 6.17. The Labute approximate surface area is 103 Å². The van der Waals surface area contributed by atoms with Crippen LogP contribution in [0.25, 0.3) is 0 Å². The molecule has 0 spiro atoms. The smallest absolute Gasteiger partial charge is 0.243 e. The Morgan fingerprint density at radius 2 is 2.12 bits per heavy atom. The van der Waals surface area contributed by atoms with Gasteiger partial charge in [-0.3, -0.25) is 4.79 Å². The van der Waals surface area contributed by atoms with Crippen molar-refractivity contribution in [3.05, 3.63) is 11.6 Å². The molecular weight excluding hydrogens is 212 g/mol. The summed E-state index contributed by atoms with van der Waals surface area (Å²) >= 11 is 0. The Morgan fingerprint density at radius 1 is 1.47 bits per heavy atom. The quantitative estimate of drug-likeness (QED) is 0.652. The first-order valence-electron chi connectivity index (χ1n) is 6.29. The highest BCUT2D eigenvalue weighted by molar-refractivity contribution is 5.88. The highest BCUT2D eigenvalue weighted by Gasteiger charge is 2.52. The van der Waals surface area contributed by atoms with Gasteiger partial charge in [-0.05, 0) is 24.7 Å². The van der Waals surface area contributed by atoms with Crippen molar-refractivity contribution in [3.8, 4) is 6.07 Å². The maximum Gasteiger partial charge on any atom is 0.243 e. The summed E-state index contributed by atoms with van der Waals surface area (Å²) < 4.78 is 0. The van der Waals surface area contributed by atoms with E-state index in [-0.39, 0.29) is 11.3 Å². The lowest BCUT2D eigenvalue weighted by Crippen LogP contribution is -2.40. The zero-order valence-electron chi connectivity index (χ0n) is 10.9. The van der Waals surface area contributed by atoms with Crippen LogP contribution in [-0.2, 0) is 4.79 Å². The van der Waals surface area contributed by atoms with Gasteiger partial charge in [0.05, 0.1) is 6.07 Å². The number of nitriles is 1. The molecular formula is C14H20N2O. The normalized spacial score (nSPS) is 22.7. The molecule has 3 heteroatoms. The summed E-state index contributed by atoms with van der Waals surface area (Å²) in [6.07, 6.45) is 4.59. The van der Waals surface area contributed by atoms with E-state index in [1.165, 1.54) is 5.57 Å². The summed E-state index contributed by atoms with van der Waals surface area (Å²) in [4.78, 5) is 14.0. The predicted octanol–water partition coefficient (Wildman–Crippen LogP) is 2.49. The van der Waals surface area contributed by atoms with Crippen molar-refractivity contribution in [1.29, 1.82) is 5.26 Å². The van der Waals surface area contributed by atoms with Crippen LogP contribution in [-0.4, -0.2) is 23.9 Å². The van der Waals surface area contributed by atoms with E-state index in [1.54, 1.807) is 0 Å². The molecule has 0 aromatic carbocycles. The molecule has 0 radical (unpaired) electrons. The number of carbonyl (C=O) groups excluding carboxylic acids is 1. The average Bonchev–Trinajstić information content (AvgIpc) is 3.08. The van der Waals surface area contributed by atoms with Crippen molar-refractivity contribution in [3.63, 3.8) is 0 Å². The highest BCUT2D eigenvalue weighted by Crippen LogP contribution is 2.47. The van der Waals surface area contributed by atoms with Crippen molar-refractivity contribution in [1.82, 2.24) is 4.90 Å². The summed E-state index contributed by atoms with van der Waals surface area (Å²) in [7, 11) is 0. The fourth-order valence-corrected chi connectivity index (χ4v) is 2.34. The molecule has 1 amide bonds. The Kier molecular flexibility index (Phi) is 2.77. The average molecular weight is 232 g/mol. The fraction of sp³-hybridized carbons (Fsp3) is 0.714. The summed E-state index contributed by atoms with van der Waals surface area (Å²) in [5.74, 6) is 0.0456. The molecule has 1 heterocycles. The van der Waals surface area contributed by atoms with E-state index in [4.69, 9.17) is 5.26 Å². The molecule has 92 valence electrons. The van der Waals surface area contributed by atoms with Crippen LogP contribution in [0.3, 0.4) is 0 Å². The largest absolute Gasteiger partial charge is 0.337 e. The monoisotopic (exact) mass is 232 g/mol. The minimum atomic E-state index is -0.660. The second-order valence-electron chi connectivity index (χ2n) is 6.17. The van der Waals surface area contributed by atoms with Gasteiger partial charge in [0.2, 0.25) is 5.91 Å². The highest BCUT2D eigenvalue weighted by atomic mass is 16.2. The first kappa shape index (κ1) is 12.2. The van der Waals surface area contributed by atoms with Crippen LogP contribution in [0, 0.1) is 22.2 Å². The van der Waals surface area contributed by atoms with E-state index in [1.807, 2.05) is 4.90 Å². The lowest BCUT2D eigenvalue weighted by Gasteiger charge is -2.33. The van der Waals surface area contributed by atoms with Gasteiger partial charge in [-0.15, -0.1) is 0 Å². The number of hydrogen-bond acceptors (Lipinski definition) is 2. The maximum atomic E-state index is 12.1. The van der Waals surface area contributed by atoms with Crippen molar-refractivity contribution in [2.45, 2.75) is 40.0 Å². The molecule has 2 rings (SSSR count). The molecule has 0 atom stereocenters. The number of nitrogens with zero attached hydrogens (tertiary/aromatic N) is 2. The molecule has 0 unspecified atom stereocenters. The molecule has 17 heavy (non-hydrogen) atoms. The van der Waals surface area contributed by atoms with Crippen LogP contribution in [0.4, 0.5) is 0 Å². The molecule has 2 aliphatic rings. The zero-order chi connectivity index (χ0) is 12.7. The lowest BCUT2D eigenvalue weighted by molar-refractivity contribution is -0.134. The van der Waals surface area contributed by atoms with Gasteiger partial charge in [0, 0.05) is 13.1 Å². The zero-order valence-corrected chi connectivity index (χ0v) is 10.9. The van der Waals surface area contributed by atoms with Gasteiger partial charge in [-0.2, -0.15) is 5.26 Å². The molecule has 1 saturated carbocycles. The van der Waals surface area contributed by atoms with Gasteiger partial charge in [-0.1, -0.05) is 32.4 Å². The van der Waals surface area contributed by atoms with E-state index in [2.05, 4.69) is 32.9 Å². The molecule has 1 aliphatic carbocycles. The molecule has 0 bridgehead atoms. The van der Waals surface area contributed by atoms with Crippen LogP contribution >= 0.6 is 0 Å². The fourth-order valence-electron chi connectivity index (χ4n) is 2.34. The second kappa shape index (κ2) is 3.87. The van der Waals surface area contributed by atoms with Crippen LogP contribution in [0.2, 0.25) is 0 Å². The minimum Gasteiger partial charge on any atom is -0.337 e. The van der Waals surface area contributed by atoms with E-state index in [9.17, 15) is 4.79 Å². The lowest BCUT2D eigenvalue weighted by atomic mass is 9.83. The minimum absolute atomic E-state index is 0.0456. The molecule has 1 aliphatic heterocycles. The van der Waals surface area contributed by atoms with E-state index < -0.39 is 5.41 Å². The molecule has 0 saturated heterocycles. The first-order chi connectivity index (χ1) is 7.89. The topological polar surface area (TPSA) is 44.1 Å². The van der Waals surface area contributed by atoms with Gasteiger partial charge >= 0.3 is 0 Å². The van der Waals surface area contributed by atoms with Crippen molar-refractivity contribution >= 4 is 5.91 Å². The maximum absolute atomic E-state index is 12.1. The standard InChI is InChI=1S/C14H20N2O/c1-13(2,3)11-4-8-16(9-5-11)12(17)14(10-15)6-7-14/h4H,5-9H2,1-3H3. The molecule has 0 aromatic heterocycles. The molecule has 3 nitrogen and oxygen atoms in total. The number of carbonyl (C=O) groups is 1. The molecule has 0 aromatic rings. The summed E-state index contributed by atoms with van der Waals surface area (Å²) in [6.45, 7) is 8.05. The van der Waals surface area contributed by atoms with E-state index in [0.29, 0.717) is 6.54 Å². The van der Waals surface area contributed by atoms with Gasteiger partial charge in [0.15, 0.2) is 0 Å². The van der Waals surface area contributed by atoms with Gasteiger partial charge in [-0.25, -0.2) is 0 Å². The Hall–Kier alpha value is -1.30. The van der Waals surface area contributed by atoms with Crippen molar-refractivity contribution in [2.24, 2.45) is 10.8 Å². The summed E-state index contributed by atoms with van der Waals surface area (Å²) in [6, 6.07) is 2.18. The summed E-state index contributed by atoms with van der Waals surface area (Å²) in [5.41, 5.74) is 0.956. The third-order valence-electron chi connectivity index (χ3n) is 3.83. The number of rotatable bonds is 1. The van der Waals surface area contributed by atoms with Gasteiger partial charge < -0.3 is 4.90 Å². The number of hydrogen-bond donors (Lipinski definition) is 0. The third kappa shape index (κ3) is 2.22. The van der Waals surface area contributed by atoms with Gasteiger partial charge in [0.25, 0.3) is 0 Å². The summed E-state index contributed by atoms with van der Waals surface area (Å²) in [5, 5.41) is 9.03. The van der Waals surface area contributed by atoms with Crippen LogP contribution < -0.4 is 0 Å². The number of amides is 1. The van der Waals surface area contributed by atoms with Crippen LogP contribution in [0.15, 0.2) is 11.6 Å². The SMILES string of the molecule is CC(C)(C)C1=CCN(C(=O)C2(C#N)CC2)CC1. The Balaban J connectivity index is 2.03. The Bertz CT molecular complexity index is 405. The van der Waals surface area contributed by atoms with Gasteiger partial charge in [0.1, 0.15) is 5.41 Å². The Morgan fingerprint density at radius 3 is 2.47 bits per heavy atom. The van der Waals surface area contributed by atoms with E-state index >= 15 is 0 Å².